The summed E-state index contributed by atoms with van der Waals surface area (Å²) in [6.45, 7) is 2.74. The number of amides is 1. The van der Waals surface area contributed by atoms with Crippen molar-refractivity contribution in [1.82, 2.24) is 9.80 Å². The molecule has 5 rings (SSSR count). The maximum atomic E-state index is 13.0. The lowest BCUT2D eigenvalue weighted by Crippen LogP contribution is -2.52. The van der Waals surface area contributed by atoms with Crippen molar-refractivity contribution in [2.24, 2.45) is 7.05 Å². The number of carbonyl (C=O) groups excluding carboxylic acids is 1. The predicted molar refractivity (Wildman–Crippen MR) is 139 cm³/mol. The number of fused-ring (bicyclic) bond motifs is 2. The fourth-order valence-corrected chi connectivity index (χ4v) is 6.38. The highest BCUT2D eigenvalue weighted by Gasteiger charge is 2.39. The molecule has 1 saturated heterocycles. The minimum absolute atomic E-state index is 0.138. The summed E-state index contributed by atoms with van der Waals surface area (Å²) in [7, 11) is 1.97. The molecular formula is C26H27Br2ClN4O2+2. The van der Waals surface area contributed by atoms with E-state index >= 15 is 0 Å². The van der Waals surface area contributed by atoms with Gasteiger partial charge in [0.25, 0.3) is 5.69 Å². The lowest BCUT2D eigenvalue weighted by atomic mass is 9.96. The number of pyridine rings is 2. The van der Waals surface area contributed by atoms with Crippen molar-refractivity contribution in [1.29, 1.82) is 0 Å². The summed E-state index contributed by atoms with van der Waals surface area (Å²) in [5.41, 5.74) is 5.31. The highest BCUT2D eigenvalue weighted by molar-refractivity contribution is 9.10. The molecule has 1 amide bonds. The molecule has 35 heavy (non-hydrogen) atoms. The first-order valence-corrected chi connectivity index (χ1v) is 13.6. The number of hydrogen-bond donors (Lipinski definition) is 1. The van der Waals surface area contributed by atoms with E-state index in [-0.39, 0.29) is 11.9 Å². The second-order valence-electron chi connectivity index (χ2n) is 9.21. The molecule has 0 saturated carbocycles. The van der Waals surface area contributed by atoms with Gasteiger partial charge in [-0.3, -0.25) is 14.9 Å². The Morgan fingerprint density at radius 3 is 2.54 bits per heavy atom. The molecule has 0 spiro atoms. The second-order valence-corrected chi connectivity index (χ2v) is 11.3. The van der Waals surface area contributed by atoms with E-state index in [0.717, 1.165) is 57.3 Å². The molecule has 3 heterocycles. The highest BCUT2D eigenvalue weighted by atomic mass is 79.9. The lowest BCUT2D eigenvalue weighted by molar-refractivity contribution is -0.911. The van der Waals surface area contributed by atoms with Crippen LogP contribution in [-0.4, -0.2) is 47.1 Å². The molecule has 1 aliphatic carbocycles. The second kappa shape index (κ2) is 10.2. The average Bonchev–Trinajstić information content (AvgIpc) is 3.00. The van der Waals surface area contributed by atoms with Crippen molar-refractivity contribution in [3.63, 3.8) is 0 Å². The molecule has 9 heteroatoms. The van der Waals surface area contributed by atoms with Crippen LogP contribution in [0.4, 0.5) is 0 Å². The van der Waals surface area contributed by atoms with Crippen LogP contribution in [-0.2, 0) is 31.1 Å². The van der Waals surface area contributed by atoms with Gasteiger partial charge in [0.2, 0.25) is 12.1 Å². The number of aromatic nitrogens is 2. The monoisotopic (exact) mass is 620 g/mol. The molecule has 0 bridgehead atoms. The molecule has 0 radical (unpaired) electrons. The Balaban J connectivity index is 1.42. The lowest BCUT2D eigenvalue weighted by Gasteiger charge is -2.38. The van der Waals surface area contributed by atoms with Crippen molar-refractivity contribution in [2.45, 2.75) is 25.3 Å². The number of nitrogens with zero attached hydrogens (tertiary/aromatic N) is 4. The fraction of sp³-hybridized carbons (Fsp3) is 0.346. The number of hydrogen-bond acceptors (Lipinski definition) is 3. The van der Waals surface area contributed by atoms with E-state index in [2.05, 4.69) is 48.9 Å². The van der Waals surface area contributed by atoms with Gasteiger partial charge in [0.15, 0.2) is 12.4 Å². The molecule has 2 aromatic heterocycles. The average molecular weight is 623 g/mol. The van der Waals surface area contributed by atoms with E-state index in [1.165, 1.54) is 10.3 Å². The Kier molecular flexibility index (Phi) is 7.17. The SMILES string of the molecule is C[n+]1ccc(CC(=O)N2CCN([C@H]3c4ccc(Cl)c(Br)c4CCc4cc(Br)c[n+](O)c43)CC2)cc1. The quantitative estimate of drug-likeness (QED) is 0.358. The number of halogens is 3. The largest absolute Gasteiger partial charge is 0.340 e. The van der Waals surface area contributed by atoms with Crippen LogP contribution >= 0.6 is 43.5 Å². The van der Waals surface area contributed by atoms with Crippen molar-refractivity contribution >= 4 is 49.4 Å². The van der Waals surface area contributed by atoms with Gasteiger partial charge >= 0.3 is 0 Å². The third-order valence-electron chi connectivity index (χ3n) is 7.00. The molecule has 1 N–H and O–H groups in total. The van der Waals surface area contributed by atoms with Crippen LogP contribution in [0.3, 0.4) is 0 Å². The van der Waals surface area contributed by atoms with Crippen LogP contribution in [0.25, 0.3) is 0 Å². The maximum Gasteiger partial charge on any atom is 0.258 e. The summed E-state index contributed by atoms with van der Waals surface area (Å²) in [4.78, 5) is 17.3. The van der Waals surface area contributed by atoms with Crippen LogP contribution in [0.2, 0.25) is 5.02 Å². The Morgan fingerprint density at radius 2 is 1.83 bits per heavy atom. The van der Waals surface area contributed by atoms with Gasteiger partial charge in [0.05, 0.1) is 15.9 Å². The molecule has 1 atom stereocenters. The van der Waals surface area contributed by atoms with E-state index in [1.54, 1.807) is 6.20 Å². The zero-order valence-corrected chi connectivity index (χ0v) is 23.4. The molecular weight excluding hydrogens is 596 g/mol. The zero-order valence-electron chi connectivity index (χ0n) is 19.4. The number of piperazine rings is 1. The van der Waals surface area contributed by atoms with E-state index in [9.17, 15) is 10.0 Å². The maximum absolute atomic E-state index is 13.0. The summed E-state index contributed by atoms with van der Waals surface area (Å²) in [5.74, 6) is 0.149. The molecule has 2 aliphatic rings. The van der Waals surface area contributed by atoms with Gasteiger partial charge < -0.3 is 4.90 Å². The summed E-state index contributed by atoms with van der Waals surface area (Å²) in [6, 6.07) is 9.94. The van der Waals surface area contributed by atoms with Gasteiger partial charge in [-0.1, -0.05) is 17.7 Å². The van der Waals surface area contributed by atoms with Gasteiger partial charge in [-0.15, -0.1) is 0 Å². The highest BCUT2D eigenvalue weighted by Crippen LogP contribution is 2.41. The third kappa shape index (κ3) is 4.99. The number of rotatable bonds is 3. The first-order valence-electron chi connectivity index (χ1n) is 11.7. The van der Waals surface area contributed by atoms with Crippen molar-refractivity contribution < 1.29 is 19.3 Å². The van der Waals surface area contributed by atoms with E-state index in [0.29, 0.717) is 24.5 Å². The van der Waals surface area contributed by atoms with Gasteiger partial charge in [-0.2, -0.15) is 0 Å². The number of benzene rings is 1. The molecule has 182 valence electrons. The molecule has 3 aromatic rings. The minimum atomic E-state index is -0.138. The first-order chi connectivity index (χ1) is 16.8. The summed E-state index contributed by atoms with van der Waals surface area (Å²) >= 11 is 13.7. The van der Waals surface area contributed by atoms with Crippen LogP contribution < -0.4 is 9.30 Å². The van der Waals surface area contributed by atoms with Gasteiger partial charge in [0, 0.05) is 53.1 Å². The van der Waals surface area contributed by atoms with Gasteiger partial charge in [-0.25, -0.2) is 4.57 Å². The van der Waals surface area contributed by atoms with Gasteiger partial charge in [-0.05, 0) is 73.5 Å². The smallest absolute Gasteiger partial charge is 0.258 e. The van der Waals surface area contributed by atoms with E-state index in [4.69, 9.17) is 11.6 Å². The van der Waals surface area contributed by atoms with Crippen LogP contribution in [0.1, 0.15) is 34.0 Å². The van der Waals surface area contributed by atoms with Crippen LogP contribution in [0, 0.1) is 0 Å². The van der Waals surface area contributed by atoms with Crippen LogP contribution in [0.15, 0.2) is 57.9 Å². The summed E-state index contributed by atoms with van der Waals surface area (Å²) in [6.07, 6.45) is 7.66. The molecule has 1 aliphatic heterocycles. The van der Waals surface area contributed by atoms with Crippen LogP contribution in [0.5, 0.6) is 0 Å². The fourth-order valence-electron chi connectivity index (χ4n) is 5.17. The number of aryl methyl sites for hydroxylation is 2. The van der Waals surface area contributed by atoms with Gasteiger partial charge in [0.1, 0.15) is 13.1 Å². The molecule has 6 nitrogen and oxygen atoms in total. The van der Waals surface area contributed by atoms with Crippen molar-refractivity contribution in [2.75, 3.05) is 26.2 Å². The van der Waals surface area contributed by atoms with E-state index < -0.39 is 0 Å². The third-order valence-corrected chi connectivity index (χ3v) is 8.88. The minimum Gasteiger partial charge on any atom is -0.340 e. The zero-order chi connectivity index (χ0) is 24.7. The Morgan fingerprint density at radius 1 is 1.11 bits per heavy atom. The number of carbonyl (C=O) groups is 1. The first kappa shape index (κ1) is 24.7. The Labute approximate surface area is 227 Å². The predicted octanol–water partition coefficient (Wildman–Crippen LogP) is 3.79. The summed E-state index contributed by atoms with van der Waals surface area (Å²) in [5, 5.41) is 11.7. The van der Waals surface area contributed by atoms with E-state index in [1.807, 2.05) is 47.1 Å². The standard InChI is InChI=1S/C26H27Br2ClN4O2/c1-30-8-6-17(7-9-30)14-23(34)31-10-12-32(13-11-31)26-21-4-5-22(29)24(28)20(21)3-2-18-15-19(27)16-33(35)25(18)26/h4-9,15-16,26,35H,2-3,10-14H2,1H3/q+2/t26-/m0/s1. The normalized spacial score (nSPS) is 18.1. The van der Waals surface area contributed by atoms with Crippen molar-refractivity contribution in [3.8, 4) is 0 Å². The summed E-state index contributed by atoms with van der Waals surface area (Å²) < 4.78 is 4.98. The Hall–Kier alpha value is -2.00. The van der Waals surface area contributed by atoms with Crippen molar-refractivity contribution in [3.05, 3.63) is 90.8 Å². The molecule has 0 unspecified atom stereocenters. The topological polar surface area (TPSA) is 51.5 Å². The molecule has 1 aromatic carbocycles. The Bertz CT molecular complexity index is 1280. The molecule has 1 fully saturated rings.